The van der Waals surface area contributed by atoms with Crippen molar-refractivity contribution < 1.29 is 4.74 Å². The summed E-state index contributed by atoms with van der Waals surface area (Å²) in [4.78, 5) is 9.88. The molecule has 21 heavy (non-hydrogen) atoms. The molecule has 0 aliphatic carbocycles. The summed E-state index contributed by atoms with van der Waals surface area (Å²) in [5.41, 5.74) is 1.15. The number of fused-ring (bicyclic) bond motifs is 2. The van der Waals surface area contributed by atoms with Crippen molar-refractivity contribution in [3.05, 3.63) is 11.1 Å². The molecule has 0 amide bonds. The molecule has 118 valence electrons. The highest BCUT2D eigenvalue weighted by Crippen LogP contribution is 2.31. The smallest absolute Gasteiger partial charge is 0.185 e. The molecule has 2 unspecified atom stereocenters. The Bertz CT molecular complexity index is 453. The number of nitrogens with one attached hydrogen (secondary N) is 1. The summed E-state index contributed by atoms with van der Waals surface area (Å²) >= 11 is 1.78. The van der Waals surface area contributed by atoms with Gasteiger partial charge in [0.25, 0.3) is 0 Å². The van der Waals surface area contributed by atoms with Gasteiger partial charge in [0.05, 0.1) is 12.3 Å². The van der Waals surface area contributed by atoms with Crippen LogP contribution in [-0.4, -0.2) is 62.4 Å². The van der Waals surface area contributed by atoms with Crippen LogP contribution in [0.5, 0.6) is 0 Å². The quantitative estimate of drug-likeness (QED) is 0.808. The highest BCUT2D eigenvalue weighted by atomic mass is 32.1. The summed E-state index contributed by atoms with van der Waals surface area (Å²) in [7, 11) is 4.02. The van der Waals surface area contributed by atoms with Gasteiger partial charge in [0.2, 0.25) is 0 Å². The number of likely N-dealkylation sites (N-methyl/N-ethyl adjacent to an activating group) is 1. The van der Waals surface area contributed by atoms with Crippen LogP contribution in [0, 0.1) is 0 Å². The highest BCUT2D eigenvalue weighted by Gasteiger charge is 2.35. The normalized spacial score (nSPS) is 26.3. The first-order valence-corrected chi connectivity index (χ1v) is 8.77. The van der Waals surface area contributed by atoms with Crippen LogP contribution in [-0.2, 0) is 11.3 Å². The molecule has 0 saturated carbocycles. The predicted octanol–water partition coefficient (Wildman–Crippen LogP) is 1.55. The lowest BCUT2D eigenvalue weighted by atomic mass is 10.1. The van der Waals surface area contributed by atoms with Crippen molar-refractivity contribution in [3.63, 3.8) is 0 Å². The second kappa shape index (κ2) is 7.05. The van der Waals surface area contributed by atoms with Crippen LogP contribution < -0.4 is 10.2 Å². The number of aromatic nitrogens is 1. The molecule has 1 aromatic rings. The van der Waals surface area contributed by atoms with E-state index in [2.05, 4.69) is 27.5 Å². The zero-order valence-electron chi connectivity index (χ0n) is 13.0. The van der Waals surface area contributed by atoms with Gasteiger partial charge in [0.15, 0.2) is 5.13 Å². The summed E-state index contributed by atoms with van der Waals surface area (Å²) in [5.74, 6) is 0. The van der Waals surface area contributed by atoms with Gasteiger partial charge in [-0.3, -0.25) is 4.90 Å². The van der Waals surface area contributed by atoms with E-state index in [0.29, 0.717) is 6.04 Å². The molecule has 1 N–H and O–H groups in total. The first-order chi connectivity index (χ1) is 10.3. The average molecular weight is 310 g/mol. The molecule has 2 aliphatic rings. The number of hydrogen-bond acceptors (Lipinski definition) is 6. The first kappa shape index (κ1) is 15.2. The standard InChI is InChI=1S/C15H26N4OS/c1-18-13-3-4-14(18)10-19(7-5-13)15-17-12(11-21-15)9-16-6-8-20-2/h11,13-14,16H,3-10H2,1-2H3. The maximum Gasteiger partial charge on any atom is 0.185 e. The molecular weight excluding hydrogens is 284 g/mol. The summed E-state index contributed by atoms with van der Waals surface area (Å²) in [6.07, 6.45) is 3.99. The van der Waals surface area contributed by atoms with Gasteiger partial charge in [-0.1, -0.05) is 0 Å². The van der Waals surface area contributed by atoms with Gasteiger partial charge in [0.1, 0.15) is 0 Å². The molecule has 2 fully saturated rings. The van der Waals surface area contributed by atoms with E-state index in [1.165, 1.54) is 24.4 Å². The number of ether oxygens (including phenoxy) is 1. The van der Waals surface area contributed by atoms with Gasteiger partial charge >= 0.3 is 0 Å². The SMILES string of the molecule is COCCNCc1csc(N2CCC3CCC(C2)N3C)n1. The largest absolute Gasteiger partial charge is 0.383 e. The van der Waals surface area contributed by atoms with Crippen LogP contribution >= 0.6 is 11.3 Å². The fraction of sp³-hybridized carbons (Fsp3) is 0.800. The molecule has 2 aliphatic heterocycles. The van der Waals surface area contributed by atoms with Crippen molar-refractivity contribution in [1.82, 2.24) is 15.2 Å². The molecule has 0 aromatic carbocycles. The second-order valence-corrected chi connectivity index (χ2v) is 6.91. The summed E-state index contributed by atoms with van der Waals surface area (Å²) < 4.78 is 5.04. The number of hydrogen-bond donors (Lipinski definition) is 1. The Morgan fingerprint density at radius 2 is 2.24 bits per heavy atom. The third-order valence-electron chi connectivity index (χ3n) is 4.75. The van der Waals surface area contributed by atoms with E-state index in [1.807, 2.05) is 0 Å². The summed E-state index contributed by atoms with van der Waals surface area (Å²) in [6.45, 7) is 4.74. The number of thiazole rings is 1. The lowest BCUT2D eigenvalue weighted by Gasteiger charge is -2.25. The summed E-state index contributed by atoms with van der Waals surface area (Å²) in [5, 5.41) is 6.73. The Balaban J connectivity index is 1.56. The Morgan fingerprint density at radius 1 is 1.38 bits per heavy atom. The Labute approximate surface area is 131 Å². The highest BCUT2D eigenvalue weighted by molar-refractivity contribution is 7.13. The fourth-order valence-corrected chi connectivity index (χ4v) is 4.26. The van der Waals surface area contributed by atoms with Gasteiger partial charge in [-0.15, -0.1) is 11.3 Å². The second-order valence-electron chi connectivity index (χ2n) is 6.08. The van der Waals surface area contributed by atoms with E-state index in [-0.39, 0.29) is 0 Å². The fourth-order valence-electron chi connectivity index (χ4n) is 3.40. The topological polar surface area (TPSA) is 40.6 Å². The minimum absolute atomic E-state index is 0.713. The van der Waals surface area contributed by atoms with Crippen molar-refractivity contribution in [2.24, 2.45) is 0 Å². The first-order valence-electron chi connectivity index (χ1n) is 7.89. The molecule has 2 bridgehead atoms. The minimum atomic E-state index is 0.713. The molecule has 3 heterocycles. The van der Waals surface area contributed by atoms with Crippen molar-refractivity contribution in [2.75, 3.05) is 45.3 Å². The van der Waals surface area contributed by atoms with Crippen LogP contribution in [0.3, 0.4) is 0 Å². The average Bonchev–Trinajstić information content (AvgIpc) is 3.01. The van der Waals surface area contributed by atoms with E-state index < -0.39 is 0 Å². The van der Waals surface area contributed by atoms with E-state index >= 15 is 0 Å². The molecule has 3 rings (SSSR count). The Morgan fingerprint density at radius 3 is 3.10 bits per heavy atom. The van der Waals surface area contributed by atoms with Crippen molar-refractivity contribution in [1.29, 1.82) is 0 Å². The molecule has 5 nitrogen and oxygen atoms in total. The number of rotatable bonds is 6. The van der Waals surface area contributed by atoms with E-state index in [4.69, 9.17) is 9.72 Å². The van der Waals surface area contributed by atoms with Crippen LogP contribution in [0.25, 0.3) is 0 Å². The van der Waals surface area contributed by atoms with Crippen molar-refractivity contribution in [3.8, 4) is 0 Å². The van der Waals surface area contributed by atoms with Crippen molar-refractivity contribution in [2.45, 2.75) is 37.9 Å². The monoisotopic (exact) mass is 310 g/mol. The number of nitrogens with zero attached hydrogens (tertiary/aromatic N) is 3. The molecule has 6 heteroatoms. The van der Waals surface area contributed by atoms with Crippen LogP contribution in [0.1, 0.15) is 25.0 Å². The summed E-state index contributed by atoms with van der Waals surface area (Å²) in [6, 6.07) is 1.50. The van der Waals surface area contributed by atoms with Crippen LogP contribution in [0.2, 0.25) is 0 Å². The third kappa shape index (κ3) is 3.56. The molecule has 0 spiro atoms. The van der Waals surface area contributed by atoms with Crippen molar-refractivity contribution >= 4 is 16.5 Å². The third-order valence-corrected chi connectivity index (χ3v) is 5.70. The van der Waals surface area contributed by atoms with E-state index in [0.717, 1.165) is 44.5 Å². The predicted molar refractivity (Wildman–Crippen MR) is 87.1 cm³/mol. The maximum absolute atomic E-state index is 5.04. The van der Waals surface area contributed by atoms with Gasteiger partial charge < -0.3 is 15.0 Å². The lowest BCUT2D eigenvalue weighted by molar-refractivity contribution is 0.199. The Kier molecular flexibility index (Phi) is 5.11. The minimum Gasteiger partial charge on any atom is -0.383 e. The maximum atomic E-state index is 5.04. The van der Waals surface area contributed by atoms with Gasteiger partial charge in [-0.2, -0.15) is 0 Å². The van der Waals surface area contributed by atoms with Crippen LogP contribution in [0.15, 0.2) is 5.38 Å². The van der Waals surface area contributed by atoms with E-state index in [9.17, 15) is 0 Å². The van der Waals surface area contributed by atoms with E-state index in [1.54, 1.807) is 18.4 Å². The molecular formula is C15H26N4OS. The van der Waals surface area contributed by atoms with Gasteiger partial charge in [-0.25, -0.2) is 4.98 Å². The van der Waals surface area contributed by atoms with Gasteiger partial charge in [0, 0.05) is 50.8 Å². The Hall–Kier alpha value is -0.690. The molecule has 0 radical (unpaired) electrons. The number of methoxy groups -OCH3 is 1. The zero-order valence-corrected chi connectivity index (χ0v) is 13.9. The lowest BCUT2D eigenvalue weighted by Crippen LogP contribution is -2.36. The zero-order chi connectivity index (χ0) is 14.7. The number of anilines is 1. The van der Waals surface area contributed by atoms with Crippen LogP contribution in [0.4, 0.5) is 5.13 Å². The molecule has 2 atom stereocenters. The van der Waals surface area contributed by atoms with Gasteiger partial charge in [-0.05, 0) is 26.3 Å². The molecule has 2 saturated heterocycles. The molecule has 1 aromatic heterocycles.